The van der Waals surface area contributed by atoms with Gasteiger partial charge in [-0.05, 0) is 40.9 Å². The number of thiophene rings is 1. The zero-order valence-electron chi connectivity index (χ0n) is 14.6. The molecular weight excluding hydrogens is 416 g/mol. The summed E-state index contributed by atoms with van der Waals surface area (Å²) in [5.41, 5.74) is -0.200. The van der Waals surface area contributed by atoms with E-state index in [0.29, 0.717) is 12.6 Å². The Morgan fingerprint density at radius 2 is 2.27 bits per heavy atom. The van der Waals surface area contributed by atoms with Crippen LogP contribution in [0, 0.1) is 0 Å². The first-order valence-electron chi connectivity index (χ1n) is 8.93. The number of rotatable bonds is 5. The summed E-state index contributed by atoms with van der Waals surface area (Å²) >= 11 is 5.34. The van der Waals surface area contributed by atoms with E-state index in [9.17, 15) is 0 Å². The molecule has 0 aliphatic carbocycles. The van der Waals surface area contributed by atoms with Crippen molar-refractivity contribution >= 4 is 33.2 Å². The highest BCUT2D eigenvalue weighted by Gasteiger charge is 2.43. The largest absolute Gasteiger partial charge is 0.377 e. The maximum atomic E-state index is 6.47. The molecule has 2 fully saturated rings. The van der Waals surface area contributed by atoms with Gasteiger partial charge in [0.2, 0.25) is 5.95 Å². The summed E-state index contributed by atoms with van der Waals surface area (Å²) < 4.78 is 13.5. The molecule has 1 spiro atoms. The minimum atomic E-state index is -0.200. The van der Waals surface area contributed by atoms with Crippen LogP contribution in [0.5, 0.6) is 0 Å². The Hall–Kier alpha value is -1.06. The highest BCUT2D eigenvalue weighted by molar-refractivity contribution is 9.10. The van der Waals surface area contributed by atoms with E-state index in [2.05, 4.69) is 47.6 Å². The Labute approximate surface area is 166 Å². The van der Waals surface area contributed by atoms with Crippen LogP contribution in [0.1, 0.15) is 17.7 Å². The fourth-order valence-corrected chi connectivity index (χ4v) is 5.13. The predicted molar refractivity (Wildman–Crippen MR) is 105 cm³/mol. The molecule has 0 aromatic carbocycles. The van der Waals surface area contributed by atoms with E-state index < -0.39 is 0 Å². The Kier molecular flexibility index (Phi) is 5.85. The molecular formula is C18H23BrN4O2S. The molecule has 4 heterocycles. The van der Waals surface area contributed by atoms with E-state index in [1.54, 1.807) is 23.7 Å². The summed E-state index contributed by atoms with van der Waals surface area (Å²) in [7, 11) is 0. The number of anilines is 1. The fraction of sp³-hybridized carbons (Fsp3) is 0.556. The van der Waals surface area contributed by atoms with Crippen LogP contribution < -0.4 is 5.32 Å². The molecule has 26 heavy (non-hydrogen) atoms. The number of ether oxygens (including phenoxy) is 2. The third-order valence-corrected chi connectivity index (χ3v) is 6.50. The molecule has 4 rings (SSSR count). The van der Waals surface area contributed by atoms with Crippen LogP contribution >= 0.6 is 27.3 Å². The molecule has 2 saturated heterocycles. The topological polar surface area (TPSA) is 59.5 Å². The molecule has 2 atom stereocenters. The second-order valence-corrected chi connectivity index (χ2v) is 8.82. The lowest BCUT2D eigenvalue weighted by atomic mass is 10.00. The smallest absolute Gasteiger partial charge is 0.222 e. The van der Waals surface area contributed by atoms with E-state index in [0.717, 1.165) is 50.1 Å². The zero-order chi connectivity index (χ0) is 17.8. The molecule has 0 unspecified atom stereocenters. The van der Waals surface area contributed by atoms with Gasteiger partial charge in [-0.15, -0.1) is 11.3 Å². The van der Waals surface area contributed by atoms with Crippen LogP contribution in [-0.2, 0) is 16.0 Å². The van der Waals surface area contributed by atoms with E-state index >= 15 is 0 Å². The molecule has 8 heteroatoms. The maximum absolute atomic E-state index is 6.47. The van der Waals surface area contributed by atoms with Crippen molar-refractivity contribution in [3.05, 3.63) is 39.3 Å². The third-order valence-electron chi connectivity index (χ3n) is 4.82. The van der Waals surface area contributed by atoms with Crippen LogP contribution in [0.15, 0.2) is 34.4 Å². The SMILES string of the molecule is Brc1csc(CN2CCOC[C@]3(CC[C@H](CNc4ncccn4)O3)C2)c1. The number of nitrogens with zero attached hydrogens (tertiary/aromatic N) is 3. The quantitative estimate of drug-likeness (QED) is 0.773. The van der Waals surface area contributed by atoms with E-state index in [-0.39, 0.29) is 11.7 Å². The molecule has 0 bridgehead atoms. The van der Waals surface area contributed by atoms with Gasteiger partial charge in [0.1, 0.15) is 5.60 Å². The number of hydrogen-bond donors (Lipinski definition) is 1. The summed E-state index contributed by atoms with van der Waals surface area (Å²) in [6.07, 6.45) is 5.71. The second-order valence-electron chi connectivity index (χ2n) is 6.91. The van der Waals surface area contributed by atoms with Crippen molar-refractivity contribution in [2.24, 2.45) is 0 Å². The second kappa shape index (κ2) is 8.31. The highest BCUT2D eigenvalue weighted by atomic mass is 79.9. The molecule has 1 N–H and O–H groups in total. The minimum absolute atomic E-state index is 0.165. The lowest BCUT2D eigenvalue weighted by Gasteiger charge is -2.31. The first-order valence-corrected chi connectivity index (χ1v) is 10.6. The van der Waals surface area contributed by atoms with Gasteiger partial charge in [0.05, 0.1) is 19.3 Å². The molecule has 0 saturated carbocycles. The Bertz CT molecular complexity index is 716. The lowest BCUT2D eigenvalue weighted by Crippen LogP contribution is -2.44. The molecule has 2 aliphatic rings. The zero-order valence-corrected chi connectivity index (χ0v) is 17.0. The summed E-state index contributed by atoms with van der Waals surface area (Å²) in [5, 5.41) is 5.41. The molecule has 0 radical (unpaired) electrons. The summed E-state index contributed by atoms with van der Waals surface area (Å²) in [5.74, 6) is 0.652. The Morgan fingerprint density at radius 3 is 3.08 bits per heavy atom. The van der Waals surface area contributed by atoms with E-state index in [4.69, 9.17) is 9.47 Å². The van der Waals surface area contributed by atoms with Crippen molar-refractivity contribution in [2.75, 3.05) is 38.2 Å². The highest BCUT2D eigenvalue weighted by Crippen LogP contribution is 2.34. The predicted octanol–water partition coefficient (Wildman–Crippen LogP) is 3.16. The molecule has 0 amide bonds. The van der Waals surface area contributed by atoms with Gasteiger partial charge in [0, 0.05) is 53.3 Å². The monoisotopic (exact) mass is 438 g/mol. The van der Waals surface area contributed by atoms with Crippen molar-refractivity contribution < 1.29 is 9.47 Å². The number of halogens is 1. The van der Waals surface area contributed by atoms with Crippen LogP contribution in [0.4, 0.5) is 5.95 Å². The van der Waals surface area contributed by atoms with Crippen LogP contribution in [-0.4, -0.2) is 59.4 Å². The molecule has 2 aromatic rings. The van der Waals surface area contributed by atoms with Gasteiger partial charge >= 0.3 is 0 Å². The van der Waals surface area contributed by atoms with Gasteiger partial charge in [0.25, 0.3) is 0 Å². The molecule has 2 aromatic heterocycles. The average molecular weight is 439 g/mol. The van der Waals surface area contributed by atoms with Crippen molar-refractivity contribution in [3.63, 3.8) is 0 Å². The van der Waals surface area contributed by atoms with Crippen molar-refractivity contribution in [3.8, 4) is 0 Å². The summed E-state index contributed by atoms with van der Waals surface area (Å²) in [4.78, 5) is 12.2. The molecule has 140 valence electrons. The third kappa shape index (κ3) is 4.61. The standard InChI is InChI=1S/C18H23BrN4O2S/c19-14-8-16(26-11-14)10-23-6-7-24-13-18(12-23)3-2-15(25-18)9-22-17-20-4-1-5-21-17/h1,4-5,8,11,15H,2-3,6-7,9-10,12-13H2,(H,20,21,22)/t15-,18+/m1/s1. The molecule has 6 nitrogen and oxygen atoms in total. The number of aromatic nitrogens is 2. The Balaban J connectivity index is 1.34. The Morgan fingerprint density at radius 1 is 1.38 bits per heavy atom. The van der Waals surface area contributed by atoms with Gasteiger partial charge in [-0.2, -0.15) is 0 Å². The number of nitrogens with one attached hydrogen (secondary N) is 1. The van der Waals surface area contributed by atoms with E-state index in [1.807, 2.05) is 6.07 Å². The summed E-state index contributed by atoms with van der Waals surface area (Å²) in [6, 6.07) is 4.01. The first-order chi connectivity index (χ1) is 12.7. The van der Waals surface area contributed by atoms with Gasteiger partial charge in [-0.3, -0.25) is 4.90 Å². The number of hydrogen-bond acceptors (Lipinski definition) is 7. The van der Waals surface area contributed by atoms with Gasteiger partial charge in [-0.25, -0.2) is 9.97 Å². The molecule has 2 aliphatic heterocycles. The minimum Gasteiger partial charge on any atom is -0.377 e. The fourth-order valence-electron chi connectivity index (χ4n) is 3.63. The van der Waals surface area contributed by atoms with Gasteiger partial charge < -0.3 is 14.8 Å². The van der Waals surface area contributed by atoms with Gasteiger partial charge in [-0.1, -0.05) is 0 Å². The van der Waals surface area contributed by atoms with Gasteiger partial charge in [0.15, 0.2) is 0 Å². The maximum Gasteiger partial charge on any atom is 0.222 e. The van der Waals surface area contributed by atoms with Crippen LogP contribution in [0.3, 0.4) is 0 Å². The van der Waals surface area contributed by atoms with Crippen LogP contribution in [0.2, 0.25) is 0 Å². The first kappa shape index (κ1) is 18.3. The summed E-state index contributed by atoms with van der Waals surface area (Å²) in [6.45, 7) is 4.98. The van der Waals surface area contributed by atoms with Crippen molar-refractivity contribution in [1.29, 1.82) is 0 Å². The van der Waals surface area contributed by atoms with Crippen molar-refractivity contribution in [1.82, 2.24) is 14.9 Å². The lowest BCUT2D eigenvalue weighted by molar-refractivity contribution is -0.0826. The van der Waals surface area contributed by atoms with Crippen LogP contribution in [0.25, 0.3) is 0 Å². The average Bonchev–Trinajstić information content (AvgIpc) is 3.18. The van der Waals surface area contributed by atoms with Crippen molar-refractivity contribution in [2.45, 2.75) is 31.1 Å². The normalized spacial score (nSPS) is 26.9. The van der Waals surface area contributed by atoms with E-state index in [1.165, 1.54) is 4.88 Å².